The van der Waals surface area contributed by atoms with Crippen molar-refractivity contribution in [1.29, 1.82) is 0 Å². The first-order valence-electron chi connectivity index (χ1n) is 11.5. The molecule has 3 aromatic rings. The lowest BCUT2D eigenvalue weighted by Crippen LogP contribution is -2.55. The number of piperidine rings is 1. The highest BCUT2D eigenvalue weighted by atomic mass is 32.1. The van der Waals surface area contributed by atoms with Gasteiger partial charge in [-0.1, -0.05) is 48.5 Å². The van der Waals surface area contributed by atoms with E-state index in [1.54, 1.807) is 11.3 Å². The zero-order valence-corrected chi connectivity index (χ0v) is 19.2. The quantitative estimate of drug-likeness (QED) is 0.572. The van der Waals surface area contributed by atoms with Crippen LogP contribution in [0.4, 0.5) is 5.69 Å². The van der Waals surface area contributed by atoms with Gasteiger partial charge in [-0.05, 0) is 37.9 Å². The van der Waals surface area contributed by atoms with Crippen LogP contribution in [0.1, 0.15) is 23.4 Å². The van der Waals surface area contributed by atoms with Gasteiger partial charge in [-0.3, -0.25) is 9.80 Å². The summed E-state index contributed by atoms with van der Waals surface area (Å²) in [6, 6.07) is 20.0. The zero-order chi connectivity index (χ0) is 21.0. The molecule has 5 rings (SSSR count). The van der Waals surface area contributed by atoms with Crippen LogP contribution in [-0.2, 0) is 6.54 Å². The van der Waals surface area contributed by atoms with Crippen LogP contribution in [0.5, 0.6) is 0 Å². The van der Waals surface area contributed by atoms with Crippen LogP contribution in [0.25, 0.3) is 11.3 Å². The molecular formula is C26H32N4S. The summed E-state index contributed by atoms with van der Waals surface area (Å²) >= 11 is 1.80. The van der Waals surface area contributed by atoms with Crippen molar-refractivity contribution >= 4 is 17.0 Å². The van der Waals surface area contributed by atoms with Gasteiger partial charge >= 0.3 is 0 Å². The molecule has 0 N–H and O–H groups in total. The van der Waals surface area contributed by atoms with Gasteiger partial charge in [-0.25, -0.2) is 4.98 Å². The Hall–Kier alpha value is -2.21. The zero-order valence-electron chi connectivity index (χ0n) is 18.4. The third kappa shape index (κ3) is 4.84. The van der Waals surface area contributed by atoms with Gasteiger partial charge in [0, 0.05) is 55.4 Å². The molecule has 0 spiro atoms. The molecule has 0 aliphatic carbocycles. The third-order valence-corrected chi connectivity index (χ3v) is 7.58. The highest BCUT2D eigenvalue weighted by Crippen LogP contribution is 2.26. The van der Waals surface area contributed by atoms with Crippen LogP contribution in [0.2, 0.25) is 0 Å². The van der Waals surface area contributed by atoms with Crippen LogP contribution < -0.4 is 4.90 Å². The van der Waals surface area contributed by atoms with E-state index in [-0.39, 0.29) is 0 Å². The second-order valence-electron chi connectivity index (χ2n) is 8.83. The van der Waals surface area contributed by atoms with Gasteiger partial charge in [0.05, 0.1) is 12.2 Å². The second-order valence-corrected chi connectivity index (χ2v) is 9.78. The Morgan fingerprint density at radius 2 is 1.71 bits per heavy atom. The fourth-order valence-corrected chi connectivity index (χ4v) is 5.88. The molecule has 1 atom stereocenters. The molecule has 2 aliphatic heterocycles. The van der Waals surface area contributed by atoms with Crippen molar-refractivity contribution in [3.63, 3.8) is 0 Å². The normalized spacial score (nSPS) is 20.8. The fraction of sp³-hybridized carbons (Fsp3) is 0.423. The molecule has 4 nitrogen and oxygen atoms in total. The largest absolute Gasteiger partial charge is 0.369 e. The first-order valence-corrected chi connectivity index (χ1v) is 12.4. The number of aromatic nitrogens is 1. The maximum atomic E-state index is 4.92. The first-order chi connectivity index (χ1) is 15.3. The molecule has 3 heterocycles. The average Bonchev–Trinajstić information content (AvgIpc) is 3.29. The van der Waals surface area contributed by atoms with Crippen molar-refractivity contribution in [1.82, 2.24) is 14.8 Å². The number of nitrogens with zero attached hydrogens (tertiary/aromatic N) is 4. The van der Waals surface area contributed by atoms with Crippen LogP contribution in [-0.4, -0.2) is 60.1 Å². The summed E-state index contributed by atoms with van der Waals surface area (Å²) in [5.41, 5.74) is 5.12. The minimum absolute atomic E-state index is 0.682. The predicted octanol–water partition coefficient (Wildman–Crippen LogP) is 4.91. The number of aryl methyl sites for hydroxylation is 1. The lowest BCUT2D eigenvalue weighted by molar-refractivity contribution is 0.0887. The SMILES string of the molecule is Cc1ccccc1N1CCN(C2CCCN(Cc3nc(-c4ccccc4)cs3)C2)CC1. The van der Waals surface area contributed by atoms with Crippen LogP contribution in [0.3, 0.4) is 0 Å². The molecule has 162 valence electrons. The van der Waals surface area contributed by atoms with Gasteiger partial charge in [0.1, 0.15) is 5.01 Å². The van der Waals surface area contributed by atoms with Crippen LogP contribution >= 0.6 is 11.3 Å². The number of thiazole rings is 1. The molecule has 0 radical (unpaired) electrons. The summed E-state index contributed by atoms with van der Waals surface area (Å²) in [6.07, 6.45) is 2.62. The fourth-order valence-electron chi connectivity index (χ4n) is 5.04. The van der Waals surface area contributed by atoms with E-state index in [9.17, 15) is 0 Å². The number of anilines is 1. The number of hydrogen-bond donors (Lipinski definition) is 0. The Labute approximate surface area is 190 Å². The number of likely N-dealkylation sites (tertiary alicyclic amines) is 1. The molecule has 2 aromatic carbocycles. The van der Waals surface area contributed by atoms with Gasteiger partial charge in [0.15, 0.2) is 0 Å². The van der Waals surface area contributed by atoms with E-state index in [1.807, 2.05) is 0 Å². The van der Waals surface area contributed by atoms with Crippen LogP contribution in [0.15, 0.2) is 60.0 Å². The Bertz CT molecular complexity index is 978. The summed E-state index contributed by atoms with van der Waals surface area (Å²) < 4.78 is 0. The minimum Gasteiger partial charge on any atom is -0.369 e. The Balaban J connectivity index is 1.16. The van der Waals surface area contributed by atoms with Gasteiger partial charge in [-0.15, -0.1) is 11.3 Å². The van der Waals surface area contributed by atoms with E-state index in [0.29, 0.717) is 6.04 Å². The van der Waals surface area contributed by atoms with Crippen molar-refractivity contribution in [2.75, 3.05) is 44.2 Å². The summed E-state index contributed by atoms with van der Waals surface area (Å²) in [5.74, 6) is 0. The standard InChI is InChI=1S/C26H32N4S/c1-21-8-5-6-12-25(21)30-16-14-29(15-17-30)23-11-7-13-28(18-23)19-26-27-24(20-31-26)22-9-3-2-4-10-22/h2-6,8-10,12,20,23H,7,11,13-19H2,1H3. The van der Waals surface area contributed by atoms with Gasteiger partial charge < -0.3 is 4.90 Å². The smallest absolute Gasteiger partial charge is 0.107 e. The Kier molecular flexibility index (Phi) is 6.35. The molecular weight excluding hydrogens is 400 g/mol. The number of benzene rings is 2. The summed E-state index contributed by atoms with van der Waals surface area (Å²) in [4.78, 5) is 12.8. The van der Waals surface area contributed by atoms with Crippen molar-refractivity contribution in [3.05, 3.63) is 70.5 Å². The molecule has 0 saturated carbocycles. The van der Waals surface area contributed by atoms with E-state index < -0.39 is 0 Å². The summed E-state index contributed by atoms with van der Waals surface area (Å²) in [7, 11) is 0. The molecule has 2 saturated heterocycles. The van der Waals surface area contributed by atoms with E-state index in [0.717, 1.165) is 25.3 Å². The topological polar surface area (TPSA) is 22.6 Å². The maximum absolute atomic E-state index is 4.92. The average molecular weight is 433 g/mol. The Morgan fingerprint density at radius 1 is 0.935 bits per heavy atom. The summed E-state index contributed by atoms with van der Waals surface area (Å²) in [5, 5.41) is 3.44. The lowest BCUT2D eigenvalue weighted by atomic mass is 10.0. The molecule has 31 heavy (non-hydrogen) atoms. The molecule has 1 aromatic heterocycles. The van der Waals surface area contributed by atoms with E-state index >= 15 is 0 Å². The predicted molar refractivity (Wildman–Crippen MR) is 131 cm³/mol. The van der Waals surface area contributed by atoms with Gasteiger partial charge in [0.2, 0.25) is 0 Å². The van der Waals surface area contributed by atoms with Crippen LogP contribution in [0, 0.1) is 6.92 Å². The monoisotopic (exact) mass is 432 g/mol. The number of piperazine rings is 1. The molecule has 1 unspecified atom stereocenters. The molecule has 5 heteroatoms. The Morgan fingerprint density at radius 3 is 2.52 bits per heavy atom. The van der Waals surface area contributed by atoms with Crippen molar-refractivity contribution < 1.29 is 0 Å². The summed E-state index contributed by atoms with van der Waals surface area (Å²) in [6.45, 7) is 10.2. The van der Waals surface area contributed by atoms with E-state index in [2.05, 4.69) is 81.6 Å². The molecule has 2 aliphatic rings. The second kappa shape index (κ2) is 9.51. The minimum atomic E-state index is 0.682. The molecule has 2 fully saturated rings. The number of rotatable bonds is 5. The molecule has 0 amide bonds. The molecule has 0 bridgehead atoms. The van der Waals surface area contributed by atoms with E-state index in [4.69, 9.17) is 4.98 Å². The van der Waals surface area contributed by atoms with Gasteiger partial charge in [0.25, 0.3) is 0 Å². The highest BCUT2D eigenvalue weighted by molar-refractivity contribution is 7.09. The van der Waals surface area contributed by atoms with Gasteiger partial charge in [-0.2, -0.15) is 0 Å². The third-order valence-electron chi connectivity index (χ3n) is 6.75. The number of para-hydroxylation sites is 1. The lowest BCUT2D eigenvalue weighted by Gasteiger charge is -2.44. The maximum Gasteiger partial charge on any atom is 0.107 e. The van der Waals surface area contributed by atoms with Crippen molar-refractivity contribution in [2.45, 2.75) is 32.4 Å². The highest BCUT2D eigenvalue weighted by Gasteiger charge is 2.28. The van der Waals surface area contributed by atoms with Crippen molar-refractivity contribution in [3.8, 4) is 11.3 Å². The van der Waals surface area contributed by atoms with E-state index in [1.165, 1.54) is 60.8 Å². The first kappa shape index (κ1) is 20.7. The van der Waals surface area contributed by atoms with Crippen molar-refractivity contribution in [2.24, 2.45) is 0 Å². The number of hydrogen-bond acceptors (Lipinski definition) is 5.